The number of carbonyl (C=O) groups is 1. The molecule has 1 atom stereocenters. The van der Waals surface area contributed by atoms with Crippen molar-refractivity contribution in [3.8, 4) is 5.75 Å². The lowest BCUT2D eigenvalue weighted by Gasteiger charge is -2.32. The van der Waals surface area contributed by atoms with Crippen LogP contribution in [0.3, 0.4) is 0 Å². The number of pyridine rings is 1. The van der Waals surface area contributed by atoms with Crippen molar-refractivity contribution in [2.75, 3.05) is 36.1 Å². The van der Waals surface area contributed by atoms with Gasteiger partial charge in [0.05, 0.1) is 42.9 Å². The molecule has 9 nitrogen and oxygen atoms in total. The number of nitrogens with one attached hydrogen (secondary N) is 1. The Balaban J connectivity index is 1.49. The normalized spacial score (nSPS) is 17.1. The average Bonchev–Trinajstić information content (AvgIpc) is 3.26. The highest BCUT2D eigenvalue weighted by molar-refractivity contribution is 7.17. The lowest BCUT2D eigenvalue weighted by Crippen LogP contribution is -2.48. The van der Waals surface area contributed by atoms with Crippen LogP contribution in [0.4, 0.5) is 16.5 Å². The molecule has 0 spiro atoms. The Labute approximate surface area is 208 Å². The molecular weight excluding hydrogens is 466 g/mol. The first-order chi connectivity index (χ1) is 16.8. The van der Waals surface area contributed by atoms with Gasteiger partial charge >= 0.3 is 0 Å². The summed E-state index contributed by atoms with van der Waals surface area (Å²) in [7, 11) is 0. The highest BCUT2D eigenvalue weighted by Crippen LogP contribution is 2.42. The van der Waals surface area contributed by atoms with Crippen molar-refractivity contribution >= 4 is 33.8 Å². The first-order valence-corrected chi connectivity index (χ1v) is 12.4. The van der Waals surface area contributed by atoms with Crippen LogP contribution in [0.15, 0.2) is 42.6 Å². The maximum atomic E-state index is 12.7. The van der Waals surface area contributed by atoms with Gasteiger partial charge in [0.2, 0.25) is 0 Å². The summed E-state index contributed by atoms with van der Waals surface area (Å²) in [6.45, 7) is 5.50. The standard InChI is InChI=1S/C25H29N5O4S/c1-25(2)12-19-22(23(33)28-25)35-24(27-19)30-9-10-34-21-7-6-17(11-20(21)30)29(14-18(32)15-31)13-16-5-3-4-8-26-16/h3-8,11,18,31-32H,9-10,12-15H2,1-2H3,(H,28,33). The molecule has 4 heterocycles. The lowest BCUT2D eigenvalue weighted by atomic mass is 9.94. The fourth-order valence-corrected chi connectivity index (χ4v) is 5.46. The molecule has 0 bridgehead atoms. The first kappa shape index (κ1) is 23.5. The van der Waals surface area contributed by atoms with Gasteiger partial charge in [0.15, 0.2) is 5.13 Å². The fraction of sp³-hybridized carbons (Fsp3) is 0.400. The molecule has 1 amide bonds. The van der Waals surface area contributed by atoms with E-state index in [0.29, 0.717) is 31.0 Å². The van der Waals surface area contributed by atoms with E-state index in [1.807, 2.05) is 55.1 Å². The van der Waals surface area contributed by atoms with Crippen molar-refractivity contribution in [3.05, 3.63) is 58.9 Å². The molecule has 1 aromatic carbocycles. The van der Waals surface area contributed by atoms with Crippen molar-refractivity contribution in [2.24, 2.45) is 0 Å². The maximum Gasteiger partial charge on any atom is 0.263 e. The van der Waals surface area contributed by atoms with Gasteiger partial charge in [0, 0.05) is 30.4 Å². The van der Waals surface area contributed by atoms with Gasteiger partial charge in [-0.2, -0.15) is 0 Å². The number of aliphatic hydroxyl groups is 2. The van der Waals surface area contributed by atoms with Crippen LogP contribution in [-0.2, 0) is 13.0 Å². The summed E-state index contributed by atoms with van der Waals surface area (Å²) in [5.41, 5.74) is 3.06. The van der Waals surface area contributed by atoms with E-state index in [9.17, 15) is 15.0 Å². The number of rotatable bonds is 7. The summed E-state index contributed by atoms with van der Waals surface area (Å²) in [6.07, 6.45) is 1.52. The summed E-state index contributed by atoms with van der Waals surface area (Å²) in [4.78, 5) is 26.7. The van der Waals surface area contributed by atoms with Crippen LogP contribution in [0.5, 0.6) is 5.75 Å². The minimum absolute atomic E-state index is 0.0817. The van der Waals surface area contributed by atoms with Crippen LogP contribution < -0.4 is 19.9 Å². The van der Waals surface area contributed by atoms with E-state index in [-0.39, 0.29) is 24.6 Å². The van der Waals surface area contributed by atoms with Crippen LogP contribution in [0, 0.1) is 0 Å². The number of hydrogen-bond acceptors (Lipinski definition) is 9. The van der Waals surface area contributed by atoms with Gasteiger partial charge in [-0.1, -0.05) is 17.4 Å². The van der Waals surface area contributed by atoms with Gasteiger partial charge in [-0.3, -0.25) is 9.78 Å². The van der Waals surface area contributed by atoms with Gasteiger partial charge in [-0.15, -0.1) is 0 Å². The predicted octanol–water partition coefficient (Wildman–Crippen LogP) is 2.49. The van der Waals surface area contributed by atoms with Crippen molar-refractivity contribution in [3.63, 3.8) is 0 Å². The van der Waals surface area contributed by atoms with Gasteiger partial charge in [-0.05, 0) is 44.2 Å². The zero-order valence-corrected chi connectivity index (χ0v) is 20.6. The summed E-state index contributed by atoms with van der Waals surface area (Å²) >= 11 is 1.40. The van der Waals surface area contributed by atoms with Crippen molar-refractivity contribution in [1.29, 1.82) is 0 Å². The Morgan fingerprint density at radius 1 is 1.31 bits per heavy atom. The molecule has 0 saturated heterocycles. The molecule has 2 aromatic heterocycles. The molecule has 0 fully saturated rings. The van der Waals surface area contributed by atoms with Crippen LogP contribution in [0.25, 0.3) is 0 Å². The average molecular weight is 496 g/mol. The summed E-state index contributed by atoms with van der Waals surface area (Å²) < 4.78 is 5.92. The zero-order valence-electron chi connectivity index (χ0n) is 19.8. The number of nitrogens with zero attached hydrogens (tertiary/aromatic N) is 4. The summed E-state index contributed by atoms with van der Waals surface area (Å²) in [6, 6.07) is 11.6. The second-order valence-corrected chi connectivity index (χ2v) is 10.5. The number of aliphatic hydroxyl groups excluding tert-OH is 2. The molecule has 0 saturated carbocycles. The summed E-state index contributed by atoms with van der Waals surface area (Å²) in [5, 5.41) is 23.5. The van der Waals surface area contributed by atoms with Crippen molar-refractivity contribution in [2.45, 2.75) is 38.5 Å². The number of benzene rings is 1. The minimum Gasteiger partial charge on any atom is -0.490 e. The zero-order chi connectivity index (χ0) is 24.6. The molecular formula is C25H29N5O4S. The number of anilines is 3. The molecule has 3 N–H and O–H groups in total. The smallest absolute Gasteiger partial charge is 0.263 e. The molecule has 1 unspecified atom stereocenters. The third-order valence-corrected chi connectivity index (χ3v) is 7.20. The maximum absolute atomic E-state index is 12.7. The molecule has 2 aliphatic heterocycles. The number of ether oxygens (including phenoxy) is 1. The highest BCUT2D eigenvalue weighted by atomic mass is 32.1. The Morgan fingerprint density at radius 2 is 2.17 bits per heavy atom. The number of aromatic nitrogens is 2. The monoisotopic (exact) mass is 495 g/mol. The topological polar surface area (TPSA) is 111 Å². The quantitative estimate of drug-likeness (QED) is 0.459. The van der Waals surface area contributed by atoms with Gasteiger partial charge in [-0.25, -0.2) is 4.98 Å². The molecule has 0 aliphatic carbocycles. The minimum atomic E-state index is -0.894. The second-order valence-electron chi connectivity index (χ2n) is 9.48. The number of carbonyl (C=O) groups excluding carboxylic acids is 1. The van der Waals surface area contributed by atoms with E-state index in [1.54, 1.807) is 6.20 Å². The van der Waals surface area contributed by atoms with Crippen LogP contribution >= 0.6 is 11.3 Å². The van der Waals surface area contributed by atoms with Crippen molar-refractivity contribution < 1.29 is 19.7 Å². The molecule has 35 heavy (non-hydrogen) atoms. The Hall–Kier alpha value is -3.21. The number of hydrogen-bond donors (Lipinski definition) is 3. The Morgan fingerprint density at radius 3 is 2.94 bits per heavy atom. The summed E-state index contributed by atoms with van der Waals surface area (Å²) in [5.74, 6) is 0.653. The number of amides is 1. The van der Waals surface area contributed by atoms with Gasteiger partial charge < -0.3 is 30.1 Å². The van der Waals surface area contributed by atoms with Crippen LogP contribution in [-0.4, -0.2) is 64.0 Å². The highest BCUT2D eigenvalue weighted by Gasteiger charge is 2.35. The fourth-order valence-electron chi connectivity index (χ4n) is 4.44. The van der Waals surface area contributed by atoms with Gasteiger partial charge in [0.1, 0.15) is 17.2 Å². The largest absolute Gasteiger partial charge is 0.490 e. The molecule has 0 radical (unpaired) electrons. The number of thiazole rings is 1. The molecule has 184 valence electrons. The Bertz CT molecular complexity index is 1220. The van der Waals surface area contributed by atoms with E-state index < -0.39 is 6.10 Å². The van der Waals surface area contributed by atoms with Crippen LogP contribution in [0.1, 0.15) is 34.9 Å². The Kier molecular flexibility index (Phi) is 6.35. The van der Waals surface area contributed by atoms with E-state index in [4.69, 9.17) is 9.72 Å². The molecule has 5 rings (SSSR count). The van der Waals surface area contributed by atoms with E-state index in [0.717, 1.165) is 33.6 Å². The molecule has 10 heteroatoms. The van der Waals surface area contributed by atoms with E-state index >= 15 is 0 Å². The third kappa shape index (κ3) is 4.95. The number of fused-ring (bicyclic) bond motifs is 2. The predicted molar refractivity (Wildman–Crippen MR) is 135 cm³/mol. The van der Waals surface area contributed by atoms with Crippen molar-refractivity contribution in [1.82, 2.24) is 15.3 Å². The second kappa shape index (κ2) is 9.44. The van der Waals surface area contributed by atoms with Gasteiger partial charge in [0.25, 0.3) is 5.91 Å². The lowest BCUT2D eigenvalue weighted by molar-refractivity contribution is 0.0900. The van der Waals surface area contributed by atoms with E-state index in [1.165, 1.54) is 11.3 Å². The first-order valence-electron chi connectivity index (χ1n) is 11.6. The molecule has 3 aromatic rings. The van der Waals surface area contributed by atoms with E-state index in [2.05, 4.69) is 15.2 Å². The molecule has 2 aliphatic rings. The third-order valence-electron chi connectivity index (χ3n) is 6.08. The van der Waals surface area contributed by atoms with Crippen LogP contribution in [0.2, 0.25) is 0 Å². The SMILES string of the molecule is CC1(C)Cc2nc(N3CCOc4ccc(N(Cc5ccccn5)CC(O)CO)cc43)sc2C(=O)N1.